The molecule has 0 fully saturated rings. The van der Waals surface area contributed by atoms with Gasteiger partial charge in [-0.3, -0.25) is 4.79 Å². The molecule has 0 aliphatic heterocycles. The van der Waals surface area contributed by atoms with Gasteiger partial charge < -0.3 is 9.47 Å². The molecule has 0 atom stereocenters. The second-order valence-electron chi connectivity index (χ2n) is 4.10. The molecule has 0 aliphatic carbocycles. The lowest BCUT2D eigenvalue weighted by atomic mass is 10.1. The van der Waals surface area contributed by atoms with Crippen LogP contribution in [0.2, 0.25) is 5.02 Å². The molecule has 0 heterocycles. The Balaban J connectivity index is 2.26. The fourth-order valence-electron chi connectivity index (χ4n) is 1.66. The summed E-state index contributed by atoms with van der Waals surface area (Å²) in [5.41, 5.74) is 0.479. The van der Waals surface area contributed by atoms with Crippen LogP contribution in [-0.2, 0) is 0 Å². The Kier molecular flexibility index (Phi) is 4.68. The van der Waals surface area contributed by atoms with Crippen molar-refractivity contribution in [3.05, 3.63) is 51.5 Å². The Morgan fingerprint density at radius 1 is 1.15 bits per heavy atom. The van der Waals surface area contributed by atoms with Gasteiger partial charge in [-0.15, -0.1) is 0 Å². The highest BCUT2D eigenvalue weighted by atomic mass is 79.9. The minimum Gasteiger partial charge on any atom is -0.497 e. The number of carbonyl (C=O) groups is 1. The van der Waals surface area contributed by atoms with Gasteiger partial charge in [0.15, 0.2) is 5.78 Å². The SMILES string of the molecule is COc1ccc(Oc2ccc(C(C)=O)c(Cl)c2)c(Br)c1. The molecule has 0 aliphatic rings. The predicted octanol–water partition coefficient (Wildman–Crippen LogP) is 5.11. The van der Waals surface area contributed by atoms with Gasteiger partial charge in [0.25, 0.3) is 0 Å². The molecule has 20 heavy (non-hydrogen) atoms. The van der Waals surface area contributed by atoms with Crippen molar-refractivity contribution in [1.29, 1.82) is 0 Å². The topological polar surface area (TPSA) is 35.5 Å². The lowest BCUT2D eigenvalue weighted by Crippen LogP contribution is -1.94. The number of ketones is 1. The smallest absolute Gasteiger partial charge is 0.161 e. The average molecular weight is 356 g/mol. The van der Waals surface area contributed by atoms with Crippen molar-refractivity contribution >= 4 is 33.3 Å². The lowest BCUT2D eigenvalue weighted by molar-refractivity contribution is 0.101. The van der Waals surface area contributed by atoms with E-state index < -0.39 is 0 Å². The van der Waals surface area contributed by atoms with Gasteiger partial charge in [-0.1, -0.05) is 11.6 Å². The van der Waals surface area contributed by atoms with E-state index in [9.17, 15) is 4.79 Å². The summed E-state index contributed by atoms with van der Waals surface area (Å²) in [7, 11) is 1.60. The van der Waals surface area contributed by atoms with Crippen molar-refractivity contribution in [2.24, 2.45) is 0 Å². The van der Waals surface area contributed by atoms with Crippen LogP contribution >= 0.6 is 27.5 Å². The van der Waals surface area contributed by atoms with Crippen molar-refractivity contribution in [1.82, 2.24) is 0 Å². The van der Waals surface area contributed by atoms with Crippen LogP contribution in [0.3, 0.4) is 0 Å². The molecule has 0 spiro atoms. The van der Waals surface area contributed by atoms with Crippen LogP contribution in [0.4, 0.5) is 0 Å². The van der Waals surface area contributed by atoms with E-state index in [1.165, 1.54) is 6.92 Å². The fraction of sp³-hybridized carbons (Fsp3) is 0.133. The van der Waals surface area contributed by atoms with Gasteiger partial charge in [0, 0.05) is 11.6 Å². The zero-order chi connectivity index (χ0) is 14.7. The highest BCUT2D eigenvalue weighted by molar-refractivity contribution is 9.10. The van der Waals surface area contributed by atoms with E-state index in [2.05, 4.69) is 15.9 Å². The van der Waals surface area contributed by atoms with E-state index >= 15 is 0 Å². The van der Waals surface area contributed by atoms with Crippen LogP contribution in [0.5, 0.6) is 17.2 Å². The third kappa shape index (κ3) is 3.32. The van der Waals surface area contributed by atoms with Gasteiger partial charge in [-0.25, -0.2) is 0 Å². The second kappa shape index (κ2) is 6.29. The maximum absolute atomic E-state index is 11.3. The lowest BCUT2D eigenvalue weighted by Gasteiger charge is -2.10. The molecule has 104 valence electrons. The minimum absolute atomic E-state index is 0.0767. The molecule has 0 N–H and O–H groups in total. The summed E-state index contributed by atoms with van der Waals surface area (Å²) in [4.78, 5) is 11.3. The number of halogens is 2. The van der Waals surface area contributed by atoms with Crippen LogP contribution in [0.1, 0.15) is 17.3 Å². The first-order valence-corrected chi connectivity index (χ1v) is 7.00. The Labute approximate surface area is 130 Å². The van der Waals surface area contributed by atoms with Crippen molar-refractivity contribution in [2.45, 2.75) is 6.92 Å². The zero-order valence-corrected chi connectivity index (χ0v) is 13.3. The highest BCUT2D eigenvalue weighted by Gasteiger charge is 2.09. The normalized spacial score (nSPS) is 10.2. The number of carbonyl (C=O) groups excluding carboxylic acids is 1. The summed E-state index contributed by atoms with van der Waals surface area (Å²) < 4.78 is 11.6. The van der Waals surface area contributed by atoms with Crippen molar-refractivity contribution in [3.63, 3.8) is 0 Å². The van der Waals surface area contributed by atoms with Gasteiger partial charge in [0.2, 0.25) is 0 Å². The maximum atomic E-state index is 11.3. The molecule has 2 aromatic carbocycles. The molecule has 3 nitrogen and oxygen atoms in total. The standard InChI is InChI=1S/C15H12BrClO3/c1-9(18)12-5-3-11(8-14(12)17)20-15-6-4-10(19-2)7-13(15)16/h3-8H,1-2H3. The molecule has 2 rings (SSSR count). The molecule has 0 radical (unpaired) electrons. The molecule has 0 saturated heterocycles. The molecule has 2 aromatic rings. The van der Waals surface area contributed by atoms with Crippen LogP contribution in [0, 0.1) is 0 Å². The average Bonchev–Trinajstić information content (AvgIpc) is 2.40. The van der Waals surface area contributed by atoms with Gasteiger partial charge in [0.1, 0.15) is 17.2 Å². The Morgan fingerprint density at radius 2 is 1.85 bits per heavy atom. The van der Waals surface area contributed by atoms with E-state index in [1.54, 1.807) is 43.5 Å². The minimum atomic E-state index is -0.0767. The number of Topliss-reactive ketones (excluding diaryl/α,β-unsaturated/α-hetero) is 1. The monoisotopic (exact) mass is 354 g/mol. The summed E-state index contributed by atoms with van der Waals surface area (Å²) in [6.07, 6.45) is 0. The number of hydrogen-bond acceptors (Lipinski definition) is 3. The van der Waals surface area contributed by atoms with Gasteiger partial charge in [-0.05, 0) is 53.2 Å². The summed E-state index contributed by atoms with van der Waals surface area (Å²) >= 11 is 9.46. The van der Waals surface area contributed by atoms with E-state index in [-0.39, 0.29) is 5.78 Å². The van der Waals surface area contributed by atoms with Gasteiger partial charge in [-0.2, -0.15) is 0 Å². The first-order valence-electron chi connectivity index (χ1n) is 5.83. The summed E-state index contributed by atoms with van der Waals surface area (Å²) in [6.45, 7) is 1.47. The van der Waals surface area contributed by atoms with Crippen LogP contribution in [0.15, 0.2) is 40.9 Å². The number of ether oxygens (including phenoxy) is 2. The largest absolute Gasteiger partial charge is 0.497 e. The van der Waals surface area contributed by atoms with E-state index in [1.807, 2.05) is 0 Å². The Hall–Kier alpha value is -1.52. The quantitative estimate of drug-likeness (QED) is 0.715. The summed E-state index contributed by atoms with van der Waals surface area (Å²) in [5, 5.41) is 0.375. The third-order valence-corrected chi connectivity index (χ3v) is 3.62. The molecule has 0 amide bonds. The summed E-state index contributed by atoms with van der Waals surface area (Å²) in [5.74, 6) is 1.85. The predicted molar refractivity (Wildman–Crippen MR) is 82.2 cm³/mol. The molecular formula is C15H12BrClO3. The maximum Gasteiger partial charge on any atom is 0.161 e. The number of rotatable bonds is 4. The van der Waals surface area contributed by atoms with Crippen LogP contribution in [-0.4, -0.2) is 12.9 Å². The Bertz CT molecular complexity index is 656. The number of benzene rings is 2. The fourth-order valence-corrected chi connectivity index (χ4v) is 2.41. The summed E-state index contributed by atoms with van der Waals surface area (Å²) in [6, 6.07) is 10.4. The first kappa shape index (κ1) is 14.9. The van der Waals surface area contributed by atoms with E-state index in [0.29, 0.717) is 22.1 Å². The molecule has 5 heteroatoms. The van der Waals surface area contributed by atoms with Crippen molar-refractivity contribution in [2.75, 3.05) is 7.11 Å². The molecule has 0 aromatic heterocycles. The number of methoxy groups -OCH3 is 1. The van der Waals surface area contributed by atoms with Crippen LogP contribution < -0.4 is 9.47 Å². The Morgan fingerprint density at radius 3 is 2.40 bits per heavy atom. The first-order chi connectivity index (χ1) is 9.51. The second-order valence-corrected chi connectivity index (χ2v) is 5.36. The van der Waals surface area contributed by atoms with Gasteiger partial charge in [0.05, 0.1) is 16.6 Å². The van der Waals surface area contributed by atoms with Crippen molar-refractivity contribution in [3.8, 4) is 17.2 Å². The highest BCUT2D eigenvalue weighted by Crippen LogP contribution is 2.34. The van der Waals surface area contributed by atoms with Gasteiger partial charge >= 0.3 is 0 Å². The van der Waals surface area contributed by atoms with E-state index in [0.717, 1.165) is 10.2 Å². The van der Waals surface area contributed by atoms with E-state index in [4.69, 9.17) is 21.1 Å². The number of hydrogen-bond donors (Lipinski definition) is 0. The third-order valence-electron chi connectivity index (χ3n) is 2.69. The molecule has 0 saturated carbocycles. The molecule has 0 unspecified atom stereocenters. The van der Waals surface area contributed by atoms with Crippen molar-refractivity contribution < 1.29 is 14.3 Å². The van der Waals surface area contributed by atoms with Crippen LogP contribution in [0.25, 0.3) is 0 Å². The molecule has 0 bridgehead atoms. The molecular weight excluding hydrogens is 344 g/mol. The zero-order valence-electron chi connectivity index (χ0n) is 10.9.